The summed E-state index contributed by atoms with van der Waals surface area (Å²) in [7, 11) is -1.45. The molecule has 0 saturated heterocycles. The van der Waals surface area contributed by atoms with Crippen molar-refractivity contribution in [3.8, 4) is 0 Å². The topological polar surface area (TPSA) is 40.0 Å². The number of hydrogen-bond donors (Lipinski definition) is 0. The van der Waals surface area contributed by atoms with Crippen LogP contribution in [-0.2, 0) is 13.7 Å². The van der Waals surface area contributed by atoms with Gasteiger partial charge in [0.05, 0.1) is 5.71 Å². The number of nitrogens with zero attached hydrogens (tertiary/aromatic N) is 1. The zero-order chi connectivity index (χ0) is 23.5. The van der Waals surface area contributed by atoms with Crippen molar-refractivity contribution in [2.45, 2.75) is 117 Å². The standard InChI is InChI=1S/C26H49NO3Si2/c1-25-15-14-19(29-31(4,5)6)16-18(25)10-11-20-21-12-13-23(27-28-3)26(21,2)17-22(24(20)25)30-32(7,8)9/h18-22,24H,10-17H2,1-9H3/b27-23+/t18-,19+,20-,21-,22-,24+,25-,26-/m0/s1. The van der Waals surface area contributed by atoms with Crippen molar-refractivity contribution in [3.63, 3.8) is 0 Å². The molecule has 6 heteroatoms. The highest BCUT2D eigenvalue weighted by Crippen LogP contribution is 2.66. The van der Waals surface area contributed by atoms with Crippen LogP contribution in [0.4, 0.5) is 0 Å². The Morgan fingerprint density at radius 3 is 2.22 bits per heavy atom. The van der Waals surface area contributed by atoms with Gasteiger partial charge < -0.3 is 13.7 Å². The van der Waals surface area contributed by atoms with Gasteiger partial charge in [-0.05, 0) is 120 Å². The summed E-state index contributed by atoms with van der Waals surface area (Å²) in [6.07, 6.45) is 10.9. The Hall–Kier alpha value is -0.176. The second-order valence-electron chi connectivity index (χ2n) is 13.9. The predicted molar refractivity (Wildman–Crippen MR) is 138 cm³/mol. The summed E-state index contributed by atoms with van der Waals surface area (Å²) in [4.78, 5) is 5.31. The Kier molecular flexibility index (Phi) is 6.62. The highest BCUT2D eigenvalue weighted by molar-refractivity contribution is 6.70. The van der Waals surface area contributed by atoms with E-state index >= 15 is 0 Å². The second-order valence-corrected chi connectivity index (χ2v) is 22.8. The van der Waals surface area contributed by atoms with E-state index in [2.05, 4.69) is 58.3 Å². The minimum Gasteiger partial charge on any atom is -0.415 e. The minimum absolute atomic E-state index is 0.142. The van der Waals surface area contributed by atoms with E-state index in [0.717, 1.165) is 30.6 Å². The normalized spacial score (nSPS) is 45.8. The van der Waals surface area contributed by atoms with Crippen LogP contribution >= 0.6 is 0 Å². The molecule has 0 radical (unpaired) electrons. The number of oxime groups is 1. The maximum absolute atomic E-state index is 7.09. The van der Waals surface area contributed by atoms with Crippen molar-refractivity contribution in [1.29, 1.82) is 0 Å². The second kappa shape index (κ2) is 8.49. The monoisotopic (exact) mass is 479 g/mol. The highest BCUT2D eigenvalue weighted by atomic mass is 28.4. The molecular formula is C26H49NO3Si2. The van der Waals surface area contributed by atoms with Crippen molar-refractivity contribution in [1.82, 2.24) is 0 Å². The Balaban J connectivity index is 1.65. The maximum atomic E-state index is 7.09. The van der Waals surface area contributed by atoms with Gasteiger partial charge in [-0.25, -0.2) is 0 Å². The van der Waals surface area contributed by atoms with Crippen LogP contribution in [0.5, 0.6) is 0 Å². The lowest BCUT2D eigenvalue weighted by Crippen LogP contribution is -2.61. The lowest BCUT2D eigenvalue weighted by molar-refractivity contribution is -0.157. The minimum atomic E-state index is -1.66. The van der Waals surface area contributed by atoms with E-state index < -0.39 is 16.6 Å². The fraction of sp³-hybridized carbons (Fsp3) is 0.962. The van der Waals surface area contributed by atoms with E-state index in [1.807, 2.05) is 0 Å². The summed E-state index contributed by atoms with van der Waals surface area (Å²) >= 11 is 0. The number of fused-ring (bicyclic) bond motifs is 5. The molecule has 4 aliphatic carbocycles. The summed E-state index contributed by atoms with van der Waals surface area (Å²) in [6.45, 7) is 19.3. The van der Waals surface area contributed by atoms with Gasteiger partial charge in [0.2, 0.25) is 0 Å². The first-order valence-electron chi connectivity index (χ1n) is 13.2. The van der Waals surface area contributed by atoms with Crippen molar-refractivity contribution >= 4 is 22.3 Å². The fourth-order valence-corrected chi connectivity index (χ4v) is 10.9. The maximum Gasteiger partial charge on any atom is 0.184 e. The molecule has 4 rings (SSSR count). The molecular weight excluding hydrogens is 430 g/mol. The Labute approximate surface area is 199 Å². The van der Waals surface area contributed by atoms with Crippen LogP contribution in [0.15, 0.2) is 5.16 Å². The fourth-order valence-electron chi connectivity index (χ4n) is 8.53. The SMILES string of the molecule is CO/N=C1\CC[C@H]2[C@@H]3CC[C@H]4C[C@H](O[Si](C)(C)C)CC[C@]4(C)[C@H]3[C@@H](O[Si](C)(C)C)C[C@]12C. The third-order valence-electron chi connectivity index (χ3n) is 9.50. The van der Waals surface area contributed by atoms with Crippen LogP contribution < -0.4 is 0 Å². The molecule has 4 saturated carbocycles. The van der Waals surface area contributed by atoms with E-state index in [1.54, 1.807) is 7.11 Å². The van der Waals surface area contributed by atoms with Crippen LogP contribution in [0, 0.1) is 34.5 Å². The van der Waals surface area contributed by atoms with Crippen LogP contribution in [0.25, 0.3) is 0 Å². The van der Waals surface area contributed by atoms with Crippen LogP contribution in [0.2, 0.25) is 39.3 Å². The van der Waals surface area contributed by atoms with Gasteiger partial charge in [-0.1, -0.05) is 19.0 Å². The molecule has 0 unspecified atom stereocenters. The average molecular weight is 480 g/mol. The molecule has 184 valence electrons. The Morgan fingerprint density at radius 2 is 1.59 bits per heavy atom. The zero-order valence-electron chi connectivity index (χ0n) is 22.3. The molecule has 0 amide bonds. The molecule has 0 aliphatic heterocycles. The van der Waals surface area contributed by atoms with E-state index in [0.29, 0.717) is 23.5 Å². The Morgan fingerprint density at radius 1 is 0.906 bits per heavy atom. The van der Waals surface area contributed by atoms with Gasteiger partial charge in [0.15, 0.2) is 16.6 Å². The lowest BCUT2D eigenvalue weighted by atomic mass is 9.44. The average Bonchev–Trinajstić information content (AvgIpc) is 2.95. The molecule has 0 spiro atoms. The molecule has 0 aromatic heterocycles. The van der Waals surface area contributed by atoms with Gasteiger partial charge in [0.1, 0.15) is 7.11 Å². The predicted octanol–water partition coefficient (Wildman–Crippen LogP) is 7.08. The van der Waals surface area contributed by atoms with Gasteiger partial charge in [0.25, 0.3) is 0 Å². The van der Waals surface area contributed by atoms with Crippen LogP contribution in [0.1, 0.15) is 65.2 Å². The first-order valence-corrected chi connectivity index (χ1v) is 20.0. The van der Waals surface area contributed by atoms with Gasteiger partial charge in [-0.15, -0.1) is 0 Å². The third kappa shape index (κ3) is 4.55. The van der Waals surface area contributed by atoms with Gasteiger partial charge >= 0.3 is 0 Å². The smallest absolute Gasteiger partial charge is 0.184 e. The summed E-state index contributed by atoms with van der Waals surface area (Å²) in [6, 6.07) is 0. The zero-order valence-corrected chi connectivity index (χ0v) is 24.3. The van der Waals surface area contributed by atoms with E-state index in [9.17, 15) is 0 Å². The molecule has 4 nitrogen and oxygen atoms in total. The van der Waals surface area contributed by atoms with Gasteiger partial charge in [0, 0.05) is 17.6 Å². The quantitative estimate of drug-likeness (QED) is 0.312. The van der Waals surface area contributed by atoms with Crippen molar-refractivity contribution in [3.05, 3.63) is 0 Å². The molecule has 0 aromatic rings. The van der Waals surface area contributed by atoms with Crippen LogP contribution in [0.3, 0.4) is 0 Å². The van der Waals surface area contributed by atoms with E-state index in [-0.39, 0.29) is 5.41 Å². The first-order chi connectivity index (χ1) is 14.8. The van der Waals surface area contributed by atoms with Crippen molar-refractivity contribution in [2.24, 2.45) is 39.7 Å². The highest BCUT2D eigenvalue weighted by Gasteiger charge is 2.63. The summed E-state index contributed by atoms with van der Waals surface area (Å²) < 4.78 is 13.7. The molecule has 0 aromatic carbocycles. The number of hydrogen-bond acceptors (Lipinski definition) is 4. The van der Waals surface area contributed by atoms with Crippen molar-refractivity contribution < 1.29 is 13.7 Å². The summed E-state index contributed by atoms with van der Waals surface area (Å²) in [5.41, 5.74) is 1.82. The largest absolute Gasteiger partial charge is 0.415 e. The van der Waals surface area contributed by atoms with Crippen LogP contribution in [-0.4, -0.2) is 41.7 Å². The molecule has 32 heavy (non-hydrogen) atoms. The molecule has 0 bridgehead atoms. The van der Waals surface area contributed by atoms with Crippen molar-refractivity contribution in [2.75, 3.05) is 7.11 Å². The van der Waals surface area contributed by atoms with E-state index in [1.165, 1.54) is 44.2 Å². The summed E-state index contributed by atoms with van der Waals surface area (Å²) in [5, 5.41) is 4.55. The summed E-state index contributed by atoms with van der Waals surface area (Å²) in [5.74, 6) is 2.96. The molecule has 4 fully saturated rings. The van der Waals surface area contributed by atoms with Gasteiger partial charge in [-0.2, -0.15) is 0 Å². The van der Waals surface area contributed by atoms with Gasteiger partial charge in [-0.3, -0.25) is 0 Å². The Bertz CT molecular complexity index is 730. The lowest BCUT2D eigenvalue weighted by Gasteiger charge is -2.63. The molecule has 0 N–H and O–H groups in total. The molecule has 0 heterocycles. The number of rotatable bonds is 5. The first kappa shape index (κ1) is 24.9. The molecule has 4 aliphatic rings. The third-order valence-corrected chi connectivity index (χ3v) is 11.5. The molecule has 8 atom stereocenters. The van der Waals surface area contributed by atoms with E-state index in [4.69, 9.17) is 13.7 Å².